The van der Waals surface area contributed by atoms with Gasteiger partial charge >= 0.3 is 0 Å². The van der Waals surface area contributed by atoms with E-state index in [1.54, 1.807) is 26.6 Å². The molecule has 0 unspecified atom stereocenters. The third-order valence-electron chi connectivity index (χ3n) is 4.42. The molecule has 5 heteroatoms. The van der Waals surface area contributed by atoms with Crippen molar-refractivity contribution in [2.45, 2.75) is 13.8 Å². The number of ether oxygens (including phenoxy) is 2. The van der Waals surface area contributed by atoms with Gasteiger partial charge in [-0.3, -0.25) is 4.79 Å². The second-order valence-electron chi connectivity index (χ2n) is 6.12. The SMILES string of the molecule is CCNC(=O)/C=C(\C)c1cc2c(-c3ccccc3OC)coc2cc1OC. The molecule has 0 aliphatic heterocycles. The monoisotopic (exact) mass is 365 g/mol. The van der Waals surface area contributed by atoms with E-state index in [-0.39, 0.29) is 5.91 Å². The quantitative estimate of drug-likeness (QED) is 0.646. The Morgan fingerprint density at radius 1 is 1.11 bits per heavy atom. The van der Waals surface area contributed by atoms with Gasteiger partial charge in [-0.15, -0.1) is 0 Å². The Labute approximate surface area is 158 Å². The molecular formula is C22H23NO4. The van der Waals surface area contributed by atoms with Crippen molar-refractivity contribution >= 4 is 22.4 Å². The maximum atomic E-state index is 11.9. The van der Waals surface area contributed by atoms with Crippen LogP contribution in [0, 0.1) is 0 Å². The third kappa shape index (κ3) is 3.67. The largest absolute Gasteiger partial charge is 0.496 e. The zero-order chi connectivity index (χ0) is 19.4. The number of benzene rings is 2. The average molecular weight is 365 g/mol. The molecule has 1 N–H and O–H groups in total. The van der Waals surface area contributed by atoms with E-state index >= 15 is 0 Å². The van der Waals surface area contributed by atoms with E-state index in [1.165, 1.54) is 0 Å². The van der Waals surface area contributed by atoms with Gasteiger partial charge in [0.1, 0.15) is 17.1 Å². The summed E-state index contributed by atoms with van der Waals surface area (Å²) in [4.78, 5) is 11.9. The van der Waals surface area contributed by atoms with Gasteiger partial charge in [0.05, 0.1) is 20.5 Å². The number of likely N-dealkylation sites (N-methyl/N-ethyl adjacent to an activating group) is 1. The van der Waals surface area contributed by atoms with Gasteiger partial charge in [0.25, 0.3) is 0 Å². The van der Waals surface area contributed by atoms with Gasteiger partial charge in [0, 0.05) is 40.8 Å². The van der Waals surface area contributed by atoms with E-state index in [2.05, 4.69) is 5.32 Å². The lowest BCUT2D eigenvalue weighted by atomic mass is 9.99. The van der Waals surface area contributed by atoms with Crippen molar-refractivity contribution in [1.29, 1.82) is 0 Å². The Morgan fingerprint density at radius 2 is 1.85 bits per heavy atom. The second-order valence-corrected chi connectivity index (χ2v) is 6.12. The molecule has 1 amide bonds. The fraction of sp³-hybridized carbons (Fsp3) is 0.227. The number of para-hydroxylation sites is 1. The van der Waals surface area contributed by atoms with E-state index in [4.69, 9.17) is 13.9 Å². The molecule has 3 rings (SSSR count). The molecule has 1 aromatic heterocycles. The summed E-state index contributed by atoms with van der Waals surface area (Å²) in [5.41, 5.74) is 4.24. The van der Waals surface area contributed by atoms with Gasteiger partial charge < -0.3 is 19.2 Å². The summed E-state index contributed by atoms with van der Waals surface area (Å²) in [6.45, 7) is 4.36. The van der Waals surface area contributed by atoms with Crippen molar-refractivity contribution in [2.75, 3.05) is 20.8 Å². The molecule has 0 atom stereocenters. The van der Waals surface area contributed by atoms with Crippen LogP contribution in [0.1, 0.15) is 19.4 Å². The topological polar surface area (TPSA) is 60.7 Å². The maximum absolute atomic E-state index is 11.9. The van der Waals surface area contributed by atoms with Crippen molar-refractivity contribution in [3.8, 4) is 22.6 Å². The molecule has 0 saturated carbocycles. The van der Waals surface area contributed by atoms with Crippen molar-refractivity contribution in [2.24, 2.45) is 0 Å². The number of allylic oxidation sites excluding steroid dienone is 1. The molecule has 0 aliphatic carbocycles. The minimum atomic E-state index is -0.130. The van der Waals surface area contributed by atoms with Crippen LogP contribution in [-0.4, -0.2) is 26.7 Å². The minimum Gasteiger partial charge on any atom is -0.496 e. The number of carbonyl (C=O) groups is 1. The number of fused-ring (bicyclic) bond motifs is 1. The molecule has 0 bridgehead atoms. The molecule has 0 saturated heterocycles. The average Bonchev–Trinajstić information content (AvgIpc) is 3.09. The smallest absolute Gasteiger partial charge is 0.244 e. The molecule has 0 aliphatic rings. The molecule has 27 heavy (non-hydrogen) atoms. The number of amides is 1. The lowest BCUT2D eigenvalue weighted by molar-refractivity contribution is -0.116. The number of methoxy groups -OCH3 is 2. The number of carbonyl (C=O) groups excluding carboxylic acids is 1. The highest BCUT2D eigenvalue weighted by Crippen LogP contribution is 2.40. The van der Waals surface area contributed by atoms with Crippen molar-refractivity contribution in [1.82, 2.24) is 5.32 Å². The Morgan fingerprint density at radius 3 is 2.56 bits per heavy atom. The van der Waals surface area contributed by atoms with Crippen LogP contribution in [0.5, 0.6) is 11.5 Å². The highest BCUT2D eigenvalue weighted by Gasteiger charge is 2.16. The van der Waals surface area contributed by atoms with E-state index in [0.717, 1.165) is 33.4 Å². The predicted octanol–water partition coefficient (Wildman–Crippen LogP) is 4.66. The van der Waals surface area contributed by atoms with Gasteiger partial charge in [0.2, 0.25) is 5.91 Å². The molecule has 1 heterocycles. The molecule has 5 nitrogen and oxygen atoms in total. The lowest BCUT2D eigenvalue weighted by Crippen LogP contribution is -2.20. The van der Waals surface area contributed by atoms with Gasteiger partial charge in [0.15, 0.2) is 0 Å². The van der Waals surface area contributed by atoms with E-state index in [9.17, 15) is 4.79 Å². The van der Waals surface area contributed by atoms with Crippen LogP contribution in [0.2, 0.25) is 0 Å². The fourth-order valence-electron chi connectivity index (χ4n) is 3.11. The normalized spacial score (nSPS) is 11.5. The molecular weight excluding hydrogens is 342 g/mol. The first kappa shape index (κ1) is 18.6. The van der Waals surface area contributed by atoms with Gasteiger partial charge in [-0.1, -0.05) is 18.2 Å². The highest BCUT2D eigenvalue weighted by molar-refractivity contribution is 6.01. The van der Waals surface area contributed by atoms with Crippen LogP contribution < -0.4 is 14.8 Å². The lowest BCUT2D eigenvalue weighted by Gasteiger charge is -2.11. The van der Waals surface area contributed by atoms with Crippen LogP contribution in [0.25, 0.3) is 27.7 Å². The molecule has 0 spiro atoms. The number of hydrogen-bond acceptors (Lipinski definition) is 4. The highest BCUT2D eigenvalue weighted by atomic mass is 16.5. The van der Waals surface area contributed by atoms with Crippen LogP contribution in [0.3, 0.4) is 0 Å². The first-order chi connectivity index (χ1) is 13.1. The standard InChI is InChI=1S/C22H23NO4/c1-5-23-22(24)10-14(2)16-11-17-18(13-27-21(17)12-20(16)26-4)15-8-6-7-9-19(15)25-3/h6-13H,5H2,1-4H3,(H,23,24)/b14-10+. The zero-order valence-electron chi connectivity index (χ0n) is 16.0. The molecule has 2 aromatic carbocycles. The second kappa shape index (κ2) is 7.99. The predicted molar refractivity (Wildman–Crippen MR) is 107 cm³/mol. The fourth-order valence-corrected chi connectivity index (χ4v) is 3.11. The maximum Gasteiger partial charge on any atom is 0.244 e. The number of rotatable bonds is 6. The van der Waals surface area contributed by atoms with Crippen molar-refractivity contribution < 1.29 is 18.7 Å². The number of nitrogens with one attached hydrogen (secondary N) is 1. The third-order valence-corrected chi connectivity index (χ3v) is 4.42. The number of furan rings is 1. The summed E-state index contributed by atoms with van der Waals surface area (Å²) < 4.78 is 16.8. The Bertz CT molecular complexity index is 1000. The Balaban J connectivity index is 2.17. The summed E-state index contributed by atoms with van der Waals surface area (Å²) in [5, 5.41) is 3.71. The van der Waals surface area contributed by atoms with Crippen LogP contribution >= 0.6 is 0 Å². The first-order valence-corrected chi connectivity index (χ1v) is 8.78. The summed E-state index contributed by atoms with van der Waals surface area (Å²) in [6.07, 6.45) is 3.30. The summed E-state index contributed by atoms with van der Waals surface area (Å²) in [7, 11) is 3.25. The summed E-state index contributed by atoms with van der Waals surface area (Å²) in [6, 6.07) is 11.6. The minimum absolute atomic E-state index is 0.130. The Kier molecular flexibility index (Phi) is 5.50. The first-order valence-electron chi connectivity index (χ1n) is 8.78. The van der Waals surface area contributed by atoms with Crippen LogP contribution in [0.4, 0.5) is 0 Å². The van der Waals surface area contributed by atoms with E-state index in [1.807, 2.05) is 50.2 Å². The molecule has 3 aromatic rings. The number of hydrogen-bond donors (Lipinski definition) is 1. The van der Waals surface area contributed by atoms with Crippen molar-refractivity contribution in [3.05, 3.63) is 54.3 Å². The van der Waals surface area contributed by atoms with Crippen LogP contribution in [0.15, 0.2) is 53.2 Å². The molecule has 140 valence electrons. The zero-order valence-corrected chi connectivity index (χ0v) is 16.0. The van der Waals surface area contributed by atoms with E-state index < -0.39 is 0 Å². The molecule has 0 fully saturated rings. The summed E-state index contributed by atoms with van der Waals surface area (Å²) in [5.74, 6) is 1.29. The summed E-state index contributed by atoms with van der Waals surface area (Å²) >= 11 is 0. The van der Waals surface area contributed by atoms with Crippen molar-refractivity contribution in [3.63, 3.8) is 0 Å². The van der Waals surface area contributed by atoms with Gasteiger partial charge in [-0.25, -0.2) is 0 Å². The van der Waals surface area contributed by atoms with Gasteiger partial charge in [-0.05, 0) is 31.6 Å². The molecule has 0 radical (unpaired) electrons. The van der Waals surface area contributed by atoms with Gasteiger partial charge in [-0.2, -0.15) is 0 Å². The van der Waals surface area contributed by atoms with Crippen LogP contribution in [-0.2, 0) is 4.79 Å². The van der Waals surface area contributed by atoms with E-state index in [0.29, 0.717) is 17.9 Å². The Hall–Kier alpha value is -3.21.